The van der Waals surface area contributed by atoms with Crippen LogP contribution in [0.15, 0.2) is 0 Å². The Morgan fingerprint density at radius 2 is 1.85 bits per heavy atom. The van der Waals surface area contributed by atoms with Gasteiger partial charge in [0.1, 0.15) is 6.04 Å². The summed E-state index contributed by atoms with van der Waals surface area (Å²) >= 11 is 0. The normalized spacial score (nSPS) is 22.3. The molecule has 1 aliphatic heterocycles. The van der Waals surface area contributed by atoms with Crippen molar-refractivity contribution >= 4 is 24.2 Å². The van der Waals surface area contributed by atoms with Gasteiger partial charge in [-0.05, 0) is 19.3 Å². The van der Waals surface area contributed by atoms with E-state index in [1.165, 1.54) is 6.42 Å². The zero-order chi connectivity index (χ0) is 13.5. The first kappa shape index (κ1) is 17.2. The molecule has 0 radical (unpaired) electrons. The fourth-order valence-corrected chi connectivity index (χ4v) is 2.18. The highest BCUT2D eigenvalue weighted by atomic mass is 35.5. The molecule has 2 amide bonds. The minimum atomic E-state index is -0.238. The quantitative estimate of drug-likeness (QED) is 0.595. The first-order chi connectivity index (χ1) is 9.27. The molecule has 0 bridgehead atoms. The molecular weight excluding hydrogens is 282 g/mol. The summed E-state index contributed by atoms with van der Waals surface area (Å²) in [5.41, 5.74) is 0. The molecular formula is C13H24ClN3O3. The van der Waals surface area contributed by atoms with E-state index in [1.807, 2.05) is 0 Å². The van der Waals surface area contributed by atoms with Crippen molar-refractivity contribution in [3.8, 4) is 0 Å². The lowest BCUT2D eigenvalue weighted by Crippen LogP contribution is -2.51. The van der Waals surface area contributed by atoms with Gasteiger partial charge in [0, 0.05) is 25.6 Å². The Morgan fingerprint density at radius 3 is 2.40 bits per heavy atom. The standard InChI is InChI=1S/C13H23N3O3.ClH/c17-12(10-3-1-4-10)15-5-2-6-16-13(18)11-9-19-8-7-14-11;/h10-11,14H,1-9H2,(H,15,17)(H,16,18);1H. The second-order valence-electron chi connectivity index (χ2n) is 5.15. The van der Waals surface area contributed by atoms with Gasteiger partial charge in [-0.15, -0.1) is 12.4 Å². The third-order valence-electron chi connectivity index (χ3n) is 3.67. The maximum Gasteiger partial charge on any atom is 0.239 e. The molecule has 2 rings (SSSR count). The van der Waals surface area contributed by atoms with Crippen LogP contribution in [-0.2, 0) is 14.3 Å². The van der Waals surface area contributed by atoms with Crippen molar-refractivity contribution in [2.24, 2.45) is 5.92 Å². The predicted molar refractivity (Wildman–Crippen MR) is 77.8 cm³/mol. The summed E-state index contributed by atoms with van der Waals surface area (Å²) in [5, 5.41) is 8.86. The van der Waals surface area contributed by atoms with Gasteiger partial charge in [-0.1, -0.05) is 6.42 Å². The van der Waals surface area contributed by atoms with Crippen LogP contribution >= 0.6 is 12.4 Å². The average Bonchev–Trinajstić information content (AvgIpc) is 2.37. The third-order valence-corrected chi connectivity index (χ3v) is 3.67. The molecule has 1 unspecified atom stereocenters. The highest BCUT2D eigenvalue weighted by Crippen LogP contribution is 2.25. The summed E-state index contributed by atoms with van der Waals surface area (Å²) < 4.78 is 5.23. The van der Waals surface area contributed by atoms with E-state index >= 15 is 0 Å². The van der Waals surface area contributed by atoms with Gasteiger partial charge in [-0.25, -0.2) is 0 Å². The zero-order valence-corrected chi connectivity index (χ0v) is 12.5. The molecule has 0 aromatic heterocycles. The van der Waals surface area contributed by atoms with Crippen molar-refractivity contribution < 1.29 is 14.3 Å². The molecule has 116 valence electrons. The van der Waals surface area contributed by atoms with Crippen molar-refractivity contribution in [1.29, 1.82) is 0 Å². The van der Waals surface area contributed by atoms with E-state index in [9.17, 15) is 9.59 Å². The van der Waals surface area contributed by atoms with E-state index in [0.29, 0.717) is 26.3 Å². The number of rotatable bonds is 6. The largest absolute Gasteiger partial charge is 0.378 e. The number of halogens is 1. The summed E-state index contributed by atoms with van der Waals surface area (Å²) in [5.74, 6) is 0.378. The number of nitrogens with one attached hydrogen (secondary N) is 3. The molecule has 7 heteroatoms. The van der Waals surface area contributed by atoms with Crippen LogP contribution < -0.4 is 16.0 Å². The molecule has 1 saturated carbocycles. The van der Waals surface area contributed by atoms with E-state index in [4.69, 9.17) is 4.74 Å². The van der Waals surface area contributed by atoms with Crippen molar-refractivity contribution in [1.82, 2.24) is 16.0 Å². The summed E-state index contributed by atoms with van der Waals surface area (Å²) in [6.07, 6.45) is 3.98. The highest BCUT2D eigenvalue weighted by Gasteiger charge is 2.24. The monoisotopic (exact) mass is 305 g/mol. The molecule has 2 fully saturated rings. The number of carbonyl (C=O) groups is 2. The van der Waals surface area contributed by atoms with Gasteiger partial charge >= 0.3 is 0 Å². The molecule has 1 heterocycles. The Hall–Kier alpha value is -0.850. The van der Waals surface area contributed by atoms with Crippen LogP contribution in [0.25, 0.3) is 0 Å². The second kappa shape index (κ2) is 9.15. The van der Waals surface area contributed by atoms with Crippen molar-refractivity contribution in [2.75, 3.05) is 32.8 Å². The van der Waals surface area contributed by atoms with Crippen LogP contribution in [0.3, 0.4) is 0 Å². The Kier molecular flexibility index (Phi) is 7.87. The van der Waals surface area contributed by atoms with Crippen molar-refractivity contribution in [3.05, 3.63) is 0 Å². The maximum absolute atomic E-state index is 11.7. The average molecular weight is 306 g/mol. The Bertz CT molecular complexity index is 318. The van der Waals surface area contributed by atoms with Gasteiger partial charge in [0.15, 0.2) is 0 Å². The number of amides is 2. The Balaban J connectivity index is 0.00000200. The maximum atomic E-state index is 11.7. The van der Waals surface area contributed by atoms with Gasteiger partial charge in [0.25, 0.3) is 0 Å². The molecule has 2 aliphatic rings. The lowest BCUT2D eigenvalue weighted by molar-refractivity contribution is -0.127. The molecule has 20 heavy (non-hydrogen) atoms. The highest BCUT2D eigenvalue weighted by molar-refractivity contribution is 5.85. The Labute approximate surface area is 125 Å². The number of hydrogen-bond donors (Lipinski definition) is 3. The summed E-state index contributed by atoms with van der Waals surface area (Å²) in [6.45, 7) is 3.03. The minimum absolute atomic E-state index is 0. The van der Waals surface area contributed by atoms with Crippen LogP contribution in [0, 0.1) is 5.92 Å². The lowest BCUT2D eigenvalue weighted by atomic mass is 9.85. The lowest BCUT2D eigenvalue weighted by Gasteiger charge is -2.24. The van der Waals surface area contributed by atoms with Crippen molar-refractivity contribution in [2.45, 2.75) is 31.7 Å². The topological polar surface area (TPSA) is 79.5 Å². The van der Waals surface area contributed by atoms with Gasteiger partial charge < -0.3 is 20.7 Å². The summed E-state index contributed by atoms with van der Waals surface area (Å²) in [6, 6.07) is -0.238. The predicted octanol–water partition coefficient (Wildman–Crippen LogP) is -0.181. The second-order valence-corrected chi connectivity index (χ2v) is 5.15. The number of morpholine rings is 1. The van der Waals surface area contributed by atoms with Gasteiger partial charge in [-0.3, -0.25) is 9.59 Å². The first-order valence-corrected chi connectivity index (χ1v) is 7.14. The molecule has 6 nitrogen and oxygen atoms in total. The first-order valence-electron chi connectivity index (χ1n) is 7.14. The van der Waals surface area contributed by atoms with Crippen LogP contribution in [0.5, 0.6) is 0 Å². The zero-order valence-electron chi connectivity index (χ0n) is 11.7. The SMILES string of the molecule is Cl.O=C(NCCCNC(=O)C1COCCN1)C1CCC1. The molecule has 3 N–H and O–H groups in total. The van der Waals surface area contributed by atoms with E-state index in [2.05, 4.69) is 16.0 Å². The summed E-state index contributed by atoms with van der Waals surface area (Å²) in [4.78, 5) is 23.3. The number of ether oxygens (including phenoxy) is 1. The van der Waals surface area contributed by atoms with Crippen LogP contribution in [-0.4, -0.2) is 50.7 Å². The smallest absolute Gasteiger partial charge is 0.239 e. The van der Waals surface area contributed by atoms with Gasteiger partial charge in [0.05, 0.1) is 13.2 Å². The van der Waals surface area contributed by atoms with Crippen LogP contribution in [0.4, 0.5) is 0 Å². The number of hydrogen-bond acceptors (Lipinski definition) is 4. The van der Waals surface area contributed by atoms with Crippen molar-refractivity contribution in [3.63, 3.8) is 0 Å². The van der Waals surface area contributed by atoms with Crippen LogP contribution in [0.1, 0.15) is 25.7 Å². The van der Waals surface area contributed by atoms with E-state index in [-0.39, 0.29) is 36.2 Å². The molecule has 1 atom stereocenters. The minimum Gasteiger partial charge on any atom is -0.378 e. The van der Waals surface area contributed by atoms with Crippen LogP contribution in [0.2, 0.25) is 0 Å². The molecule has 0 aromatic rings. The van der Waals surface area contributed by atoms with E-state index < -0.39 is 0 Å². The molecule has 0 aromatic carbocycles. The fourth-order valence-electron chi connectivity index (χ4n) is 2.18. The fraction of sp³-hybridized carbons (Fsp3) is 0.846. The molecule has 1 saturated heterocycles. The molecule has 0 spiro atoms. The summed E-state index contributed by atoms with van der Waals surface area (Å²) in [7, 11) is 0. The molecule has 1 aliphatic carbocycles. The van der Waals surface area contributed by atoms with Gasteiger partial charge in [0.2, 0.25) is 11.8 Å². The number of carbonyl (C=O) groups excluding carboxylic acids is 2. The van der Waals surface area contributed by atoms with Gasteiger partial charge in [-0.2, -0.15) is 0 Å². The third kappa shape index (κ3) is 5.26. The van der Waals surface area contributed by atoms with E-state index in [1.54, 1.807) is 0 Å². The Morgan fingerprint density at radius 1 is 1.15 bits per heavy atom. The van der Waals surface area contributed by atoms with E-state index in [0.717, 1.165) is 25.8 Å².